The number of carbonyl (C=O) groups is 1. The fourth-order valence-corrected chi connectivity index (χ4v) is 3.81. The van der Waals surface area contributed by atoms with Crippen molar-refractivity contribution in [2.75, 3.05) is 5.33 Å². The Labute approximate surface area is 152 Å². The van der Waals surface area contributed by atoms with Gasteiger partial charge in [-0.15, -0.1) is 0 Å². The number of hydrogen-bond donors (Lipinski definition) is 0. The van der Waals surface area contributed by atoms with Crippen molar-refractivity contribution in [1.29, 1.82) is 0 Å². The molecule has 136 valence electrons. The second-order valence-corrected chi connectivity index (χ2v) is 7.80. The fraction of sp³-hybridized carbons (Fsp3) is 0.950. The van der Waals surface area contributed by atoms with Gasteiger partial charge in [0.05, 0.1) is 0 Å². The smallest absolute Gasteiger partial charge is 0.316 e. The molecule has 0 unspecified atom stereocenters. The van der Waals surface area contributed by atoms with Crippen molar-refractivity contribution in [3.63, 3.8) is 0 Å². The number of rotatable bonds is 13. The van der Waals surface area contributed by atoms with Crippen molar-refractivity contribution in [1.82, 2.24) is 0 Å². The van der Waals surface area contributed by atoms with Gasteiger partial charge in [0.1, 0.15) is 11.4 Å². The van der Waals surface area contributed by atoms with E-state index < -0.39 is 0 Å². The maximum Gasteiger partial charge on any atom is 0.316 e. The van der Waals surface area contributed by atoms with Crippen molar-refractivity contribution >= 4 is 21.9 Å². The topological polar surface area (TPSA) is 26.3 Å². The summed E-state index contributed by atoms with van der Waals surface area (Å²) in [6.07, 6.45) is 20.4. The van der Waals surface area contributed by atoms with Crippen LogP contribution >= 0.6 is 15.9 Å². The number of carbonyl (C=O) groups excluding carboxylic acids is 1. The number of alkyl halides is 1. The Morgan fingerprint density at radius 1 is 0.870 bits per heavy atom. The summed E-state index contributed by atoms with van der Waals surface area (Å²) >= 11 is 3.15. The van der Waals surface area contributed by atoms with Gasteiger partial charge < -0.3 is 4.74 Å². The van der Waals surface area contributed by atoms with Gasteiger partial charge >= 0.3 is 5.97 Å². The summed E-state index contributed by atoms with van der Waals surface area (Å²) in [7, 11) is 0. The zero-order valence-electron chi connectivity index (χ0n) is 15.2. The van der Waals surface area contributed by atoms with E-state index in [4.69, 9.17) is 4.74 Å². The molecule has 0 radical (unpaired) electrons. The maximum absolute atomic E-state index is 11.3. The number of hydrogen-bond acceptors (Lipinski definition) is 2. The van der Waals surface area contributed by atoms with Gasteiger partial charge in [-0.3, -0.25) is 4.79 Å². The summed E-state index contributed by atoms with van der Waals surface area (Å²) in [4.78, 5) is 11.3. The Balaban J connectivity index is 1.87. The third kappa shape index (κ3) is 11.2. The van der Waals surface area contributed by atoms with Crippen LogP contribution in [0.1, 0.15) is 103 Å². The highest BCUT2D eigenvalue weighted by atomic mass is 79.9. The van der Waals surface area contributed by atoms with E-state index in [1.165, 1.54) is 83.5 Å². The number of esters is 1. The molecule has 0 N–H and O–H groups in total. The molecule has 0 saturated heterocycles. The van der Waals surface area contributed by atoms with Gasteiger partial charge in [-0.1, -0.05) is 93.5 Å². The summed E-state index contributed by atoms with van der Waals surface area (Å²) in [5.41, 5.74) is 0. The van der Waals surface area contributed by atoms with E-state index in [2.05, 4.69) is 22.9 Å². The Bertz CT molecular complexity index is 285. The van der Waals surface area contributed by atoms with Gasteiger partial charge in [0, 0.05) is 0 Å². The minimum absolute atomic E-state index is 0.108. The second kappa shape index (κ2) is 14.3. The molecule has 3 heteroatoms. The van der Waals surface area contributed by atoms with Crippen LogP contribution in [0.2, 0.25) is 0 Å². The summed E-state index contributed by atoms with van der Waals surface area (Å²) in [5, 5.41) is 0.325. The highest BCUT2D eigenvalue weighted by Crippen LogP contribution is 2.30. The van der Waals surface area contributed by atoms with Crippen LogP contribution in [0.5, 0.6) is 0 Å². The molecule has 1 saturated carbocycles. The molecular formula is C20H37BrO2. The monoisotopic (exact) mass is 388 g/mol. The third-order valence-corrected chi connectivity index (χ3v) is 5.62. The number of unbranched alkanes of at least 4 members (excludes halogenated alkanes) is 9. The Morgan fingerprint density at radius 3 is 1.91 bits per heavy atom. The third-order valence-electron chi connectivity index (χ3n) is 5.17. The fourth-order valence-electron chi connectivity index (χ4n) is 3.68. The largest absolute Gasteiger partial charge is 0.462 e. The zero-order chi connectivity index (χ0) is 16.8. The van der Waals surface area contributed by atoms with Crippen molar-refractivity contribution < 1.29 is 9.53 Å². The van der Waals surface area contributed by atoms with Crippen LogP contribution in [0.3, 0.4) is 0 Å². The predicted octanol–water partition coefficient (Wildman–Crippen LogP) is 6.79. The molecule has 0 heterocycles. The average molecular weight is 389 g/mol. The molecule has 23 heavy (non-hydrogen) atoms. The first kappa shape index (κ1) is 21.0. The summed E-state index contributed by atoms with van der Waals surface area (Å²) in [6.45, 7) is 2.28. The molecule has 0 aromatic rings. The minimum atomic E-state index is -0.108. The van der Waals surface area contributed by atoms with Crippen LogP contribution in [0.25, 0.3) is 0 Å². The number of halogens is 1. The van der Waals surface area contributed by atoms with Crippen LogP contribution in [0, 0.1) is 5.92 Å². The molecule has 1 rings (SSSR count). The average Bonchev–Trinajstić information content (AvgIpc) is 2.58. The molecular weight excluding hydrogens is 352 g/mol. The van der Waals surface area contributed by atoms with E-state index in [1.807, 2.05) is 0 Å². The molecule has 1 aliphatic carbocycles. The summed E-state index contributed by atoms with van der Waals surface area (Å²) < 4.78 is 5.41. The van der Waals surface area contributed by atoms with Gasteiger partial charge in [-0.2, -0.15) is 0 Å². The standard InChI is InChI=1S/C20H37BrO2/c1-2-3-4-5-6-7-8-9-10-11-12-18-13-15-19(16-14-18)23-20(22)17-21/h18-19H,2-17H2,1H3. The molecule has 1 fully saturated rings. The zero-order valence-corrected chi connectivity index (χ0v) is 16.7. The van der Waals surface area contributed by atoms with Crippen molar-refractivity contribution in [3.8, 4) is 0 Å². The summed E-state index contributed by atoms with van der Waals surface area (Å²) in [5.74, 6) is 0.770. The normalized spacial score (nSPS) is 21.3. The predicted molar refractivity (Wildman–Crippen MR) is 102 cm³/mol. The highest BCUT2D eigenvalue weighted by Gasteiger charge is 2.23. The van der Waals surface area contributed by atoms with Gasteiger partial charge in [0.2, 0.25) is 0 Å². The van der Waals surface area contributed by atoms with E-state index in [0.29, 0.717) is 5.33 Å². The molecule has 0 atom stereocenters. The van der Waals surface area contributed by atoms with Crippen molar-refractivity contribution in [2.45, 2.75) is 109 Å². The molecule has 1 aliphatic rings. The first-order valence-corrected chi connectivity index (χ1v) is 11.1. The van der Waals surface area contributed by atoms with Crippen LogP contribution in [-0.2, 0) is 9.53 Å². The minimum Gasteiger partial charge on any atom is -0.462 e. The molecule has 0 spiro atoms. The molecule has 0 aromatic carbocycles. The second-order valence-electron chi connectivity index (χ2n) is 7.24. The number of ether oxygens (including phenoxy) is 1. The molecule has 0 aliphatic heterocycles. The first-order valence-electron chi connectivity index (χ1n) is 10.0. The highest BCUT2D eigenvalue weighted by molar-refractivity contribution is 9.09. The van der Waals surface area contributed by atoms with E-state index in [-0.39, 0.29) is 12.1 Å². The molecule has 2 nitrogen and oxygen atoms in total. The Morgan fingerprint density at radius 2 is 1.39 bits per heavy atom. The van der Waals surface area contributed by atoms with Gasteiger partial charge in [0.15, 0.2) is 0 Å². The quantitative estimate of drug-likeness (QED) is 0.197. The first-order chi connectivity index (χ1) is 11.3. The maximum atomic E-state index is 11.3. The van der Waals surface area contributed by atoms with Crippen molar-refractivity contribution in [2.24, 2.45) is 5.92 Å². The van der Waals surface area contributed by atoms with Crippen LogP contribution in [0.15, 0.2) is 0 Å². The van der Waals surface area contributed by atoms with Gasteiger partial charge in [-0.25, -0.2) is 0 Å². The van der Waals surface area contributed by atoms with E-state index in [0.717, 1.165) is 18.8 Å². The van der Waals surface area contributed by atoms with Gasteiger partial charge in [0.25, 0.3) is 0 Å². The van der Waals surface area contributed by atoms with Crippen molar-refractivity contribution in [3.05, 3.63) is 0 Å². The van der Waals surface area contributed by atoms with E-state index in [1.54, 1.807) is 0 Å². The van der Waals surface area contributed by atoms with E-state index in [9.17, 15) is 4.79 Å². The molecule has 0 bridgehead atoms. The Hall–Kier alpha value is -0.0500. The van der Waals surface area contributed by atoms with Crippen LogP contribution in [0.4, 0.5) is 0 Å². The lowest BCUT2D eigenvalue weighted by molar-refractivity contribution is -0.147. The van der Waals surface area contributed by atoms with Crippen LogP contribution in [-0.4, -0.2) is 17.4 Å². The lowest BCUT2D eigenvalue weighted by Crippen LogP contribution is -2.24. The summed E-state index contributed by atoms with van der Waals surface area (Å²) in [6, 6.07) is 0. The SMILES string of the molecule is CCCCCCCCCCCCC1CCC(OC(=O)CBr)CC1. The molecule has 0 aromatic heterocycles. The van der Waals surface area contributed by atoms with Crippen LogP contribution < -0.4 is 0 Å². The lowest BCUT2D eigenvalue weighted by atomic mass is 9.84. The lowest BCUT2D eigenvalue weighted by Gasteiger charge is -2.28. The van der Waals surface area contributed by atoms with Gasteiger partial charge in [-0.05, 0) is 31.6 Å². The molecule has 0 amide bonds. The van der Waals surface area contributed by atoms with E-state index >= 15 is 0 Å². The Kier molecular flexibility index (Phi) is 13.1.